The first-order chi connectivity index (χ1) is 28.2. The lowest BCUT2D eigenvalue weighted by Gasteiger charge is -2.39. The topological polar surface area (TPSA) is 6.48 Å². The summed E-state index contributed by atoms with van der Waals surface area (Å²) in [6, 6.07) is 66.0. The Morgan fingerprint density at radius 3 is 1.44 bits per heavy atom. The molecule has 2 nitrogen and oxygen atoms in total. The molecule has 10 rings (SSSR count). The maximum absolute atomic E-state index is 2.43. The van der Waals surface area contributed by atoms with Gasteiger partial charge in [-0.25, -0.2) is 0 Å². The fourth-order valence-corrected chi connectivity index (χ4v) is 11.1. The quantitative estimate of drug-likeness (QED) is 0.145. The summed E-state index contributed by atoms with van der Waals surface area (Å²) < 4.78 is 2.66. The number of fused-ring (bicyclic) bond motifs is 3. The van der Waals surface area contributed by atoms with Crippen molar-refractivity contribution in [1.29, 1.82) is 0 Å². The number of para-hydroxylation sites is 2. The molecule has 57 heavy (non-hydrogen) atoms. The molecule has 2 saturated carbocycles. The van der Waals surface area contributed by atoms with Gasteiger partial charge in [-0.2, -0.15) is 0 Å². The largest absolute Gasteiger partial charge is 0.311 e. The van der Waals surface area contributed by atoms with E-state index in [9.17, 15) is 0 Å². The number of thiophene rings is 1. The Hall–Kier alpha value is -5.64. The van der Waals surface area contributed by atoms with Crippen molar-refractivity contribution in [2.45, 2.75) is 75.5 Å². The summed E-state index contributed by atoms with van der Waals surface area (Å²) in [6.07, 6.45) is 12.9. The van der Waals surface area contributed by atoms with E-state index >= 15 is 0 Å². The number of nitrogens with zero attached hydrogens (tertiary/aromatic N) is 2. The van der Waals surface area contributed by atoms with Crippen LogP contribution in [0.4, 0.5) is 34.1 Å². The number of hydrogen-bond acceptors (Lipinski definition) is 3. The van der Waals surface area contributed by atoms with Crippen LogP contribution in [0.25, 0.3) is 20.2 Å². The molecule has 0 unspecified atom stereocenters. The van der Waals surface area contributed by atoms with Crippen LogP contribution in [0, 0.1) is 0 Å². The summed E-state index contributed by atoms with van der Waals surface area (Å²) >= 11 is 1.87. The van der Waals surface area contributed by atoms with Gasteiger partial charge in [-0.05, 0) is 133 Å². The molecular formula is C54H50N2S. The third kappa shape index (κ3) is 6.93. The summed E-state index contributed by atoms with van der Waals surface area (Å²) in [6.45, 7) is 0. The van der Waals surface area contributed by atoms with E-state index in [0.29, 0.717) is 5.92 Å². The van der Waals surface area contributed by atoms with E-state index in [1.165, 1.54) is 135 Å². The van der Waals surface area contributed by atoms with Crippen LogP contribution < -0.4 is 9.80 Å². The summed E-state index contributed by atoms with van der Waals surface area (Å²) in [5, 5.41) is 2.64. The highest BCUT2D eigenvalue weighted by Crippen LogP contribution is 2.48. The molecular weight excluding hydrogens is 709 g/mol. The molecule has 0 amide bonds. The summed E-state index contributed by atoms with van der Waals surface area (Å²) in [5.74, 6) is 0.704. The minimum atomic E-state index is -0.0133. The van der Waals surface area contributed by atoms with Gasteiger partial charge in [0, 0.05) is 59.7 Å². The molecule has 0 N–H and O–H groups in total. The zero-order valence-electron chi connectivity index (χ0n) is 32.7. The smallest absolute Gasteiger partial charge is 0.0468 e. The van der Waals surface area contributed by atoms with Crippen molar-refractivity contribution in [1.82, 2.24) is 0 Å². The molecule has 0 aliphatic heterocycles. The van der Waals surface area contributed by atoms with Crippen LogP contribution in [0.15, 0.2) is 176 Å². The highest BCUT2D eigenvalue weighted by atomic mass is 32.1. The van der Waals surface area contributed by atoms with Crippen LogP contribution in [0.1, 0.15) is 86.8 Å². The van der Waals surface area contributed by atoms with E-state index in [1.807, 2.05) is 11.3 Å². The fourth-order valence-electron chi connectivity index (χ4n) is 9.99. The third-order valence-electron chi connectivity index (χ3n) is 12.9. The maximum Gasteiger partial charge on any atom is 0.0468 e. The second-order valence-corrected chi connectivity index (χ2v) is 17.4. The van der Waals surface area contributed by atoms with Gasteiger partial charge in [-0.1, -0.05) is 130 Å². The molecule has 3 heteroatoms. The van der Waals surface area contributed by atoms with E-state index in [0.717, 1.165) is 0 Å². The predicted octanol–water partition coefficient (Wildman–Crippen LogP) is 16.3. The average molecular weight is 759 g/mol. The molecule has 282 valence electrons. The number of hydrogen-bond donors (Lipinski definition) is 0. The monoisotopic (exact) mass is 758 g/mol. The van der Waals surface area contributed by atoms with Gasteiger partial charge in [0.25, 0.3) is 0 Å². The van der Waals surface area contributed by atoms with Gasteiger partial charge in [0.15, 0.2) is 0 Å². The molecule has 7 aromatic carbocycles. The van der Waals surface area contributed by atoms with Gasteiger partial charge in [0.2, 0.25) is 0 Å². The molecule has 0 atom stereocenters. The minimum Gasteiger partial charge on any atom is -0.311 e. The van der Waals surface area contributed by atoms with Gasteiger partial charge in [0.1, 0.15) is 0 Å². The maximum atomic E-state index is 2.43. The summed E-state index contributed by atoms with van der Waals surface area (Å²) in [4.78, 5) is 4.84. The van der Waals surface area contributed by atoms with E-state index in [1.54, 1.807) is 0 Å². The highest BCUT2D eigenvalue weighted by Gasteiger charge is 2.36. The van der Waals surface area contributed by atoms with Crippen LogP contribution in [-0.4, -0.2) is 0 Å². The van der Waals surface area contributed by atoms with Gasteiger partial charge in [-0.15, -0.1) is 11.3 Å². The van der Waals surface area contributed by atoms with E-state index in [4.69, 9.17) is 0 Å². The van der Waals surface area contributed by atoms with E-state index < -0.39 is 0 Å². The fraction of sp³-hybridized carbons (Fsp3) is 0.222. The lowest BCUT2D eigenvalue weighted by molar-refractivity contribution is 0.346. The van der Waals surface area contributed by atoms with Crippen molar-refractivity contribution < 1.29 is 0 Å². The molecule has 2 aliphatic carbocycles. The second kappa shape index (κ2) is 15.7. The number of benzene rings is 7. The van der Waals surface area contributed by atoms with Crippen molar-refractivity contribution in [3.05, 3.63) is 193 Å². The van der Waals surface area contributed by atoms with Gasteiger partial charge in [0.05, 0.1) is 0 Å². The second-order valence-electron chi connectivity index (χ2n) is 16.3. The Morgan fingerprint density at radius 2 is 0.842 bits per heavy atom. The third-order valence-corrected chi connectivity index (χ3v) is 14.1. The molecule has 0 bridgehead atoms. The SMILES string of the molecule is c1ccc(N(c2ccc(C3CCCCC3)cc2)c2ccc(C3(c4ccc(N(c5ccccc5)c5ccc6sc7ccccc7c6c5)cc4)CCCCC3)cc2)cc1. The average Bonchev–Trinajstić information content (AvgIpc) is 3.67. The first-order valence-electron chi connectivity index (χ1n) is 21.2. The standard InChI is InChI=1S/C54H50N2S/c1-5-15-40(16-6-1)41-23-29-46(30-24-41)55(44-17-7-2-8-18-44)47-31-25-42(26-32-47)54(37-13-4-14-38-54)43-27-33-48(34-28-43)56(45-19-9-3-10-20-45)49-35-36-53-51(39-49)50-21-11-12-22-52(50)57-53/h2-3,7-12,17-36,39-40H,1,4-6,13-16,37-38H2. The van der Waals surface area contributed by atoms with Gasteiger partial charge < -0.3 is 9.80 Å². The lowest BCUT2D eigenvalue weighted by atomic mass is 9.65. The first kappa shape index (κ1) is 35.8. The molecule has 2 fully saturated rings. The Labute approximate surface area is 342 Å². The van der Waals surface area contributed by atoms with Crippen molar-refractivity contribution in [2.75, 3.05) is 9.80 Å². The normalized spacial score (nSPS) is 15.8. The molecule has 8 aromatic rings. The molecule has 2 aliphatic rings. The Bertz CT molecular complexity index is 2560. The zero-order valence-corrected chi connectivity index (χ0v) is 33.5. The van der Waals surface area contributed by atoms with Crippen molar-refractivity contribution in [3.63, 3.8) is 0 Å². The molecule has 1 aromatic heterocycles. The Balaban J connectivity index is 0.990. The van der Waals surface area contributed by atoms with Crippen LogP contribution in [0.3, 0.4) is 0 Å². The predicted molar refractivity (Wildman–Crippen MR) is 245 cm³/mol. The Morgan fingerprint density at radius 1 is 0.386 bits per heavy atom. The Kier molecular flexibility index (Phi) is 9.86. The highest BCUT2D eigenvalue weighted by molar-refractivity contribution is 7.25. The van der Waals surface area contributed by atoms with Crippen molar-refractivity contribution >= 4 is 65.6 Å². The minimum absolute atomic E-state index is 0.0133. The summed E-state index contributed by atoms with van der Waals surface area (Å²) in [7, 11) is 0. The van der Waals surface area contributed by atoms with Crippen molar-refractivity contribution in [3.8, 4) is 0 Å². The van der Waals surface area contributed by atoms with Crippen LogP contribution in [-0.2, 0) is 5.41 Å². The van der Waals surface area contributed by atoms with Crippen LogP contribution in [0.2, 0.25) is 0 Å². The zero-order chi connectivity index (χ0) is 38.0. The van der Waals surface area contributed by atoms with Crippen molar-refractivity contribution in [2.24, 2.45) is 0 Å². The summed E-state index contributed by atoms with van der Waals surface area (Å²) in [5.41, 5.74) is 11.5. The van der Waals surface area contributed by atoms with Crippen LogP contribution in [0.5, 0.6) is 0 Å². The number of anilines is 6. The lowest BCUT2D eigenvalue weighted by Crippen LogP contribution is -2.30. The number of rotatable bonds is 9. The molecule has 1 heterocycles. The molecule has 0 spiro atoms. The van der Waals surface area contributed by atoms with E-state index in [2.05, 4.69) is 186 Å². The molecule has 0 saturated heterocycles. The molecule has 0 radical (unpaired) electrons. The van der Waals surface area contributed by atoms with Crippen LogP contribution >= 0.6 is 11.3 Å². The first-order valence-corrected chi connectivity index (χ1v) is 22.0. The van der Waals surface area contributed by atoms with Gasteiger partial charge in [-0.3, -0.25) is 0 Å². The van der Waals surface area contributed by atoms with Gasteiger partial charge >= 0.3 is 0 Å². The van der Waals surface area contributed by atoms with E-state index in [-0.39, 0.29) is 5.41 Å².